The van der Waals surface area contributed by atoms with E-state index in [1.165, 1.54) is 6.42 Å². The van der Waals surface area contributed by atoms with E-state index >= 15 is 0 Å². The number of carbonyl (C=O) groups excluding carboxylic acids is 1. The van der Waals surface area contributed by atoms with E-state index in [9.17, 15) is 9.59 Å². The highest BCUT2D eigenvalue weighted by Gasteiger charge is 2.29. The van der Waals surface area contributed by atoms with Gasteiger partial charge in [0.05, 0.1) is 25.2 Å². The van der Waals surface area contributed by atoms with Crippen LogP contribution in [-0.4, -0.2) is 30.7 Å². The van der Waals surface area contributed by atoms with Crippen molar-refractivity contribution in [1.29, 1.82) is 0 Å². The molecule has 0 spiro atoms. The Bertz CT molecular complexity index is 979. The highest BCUT2D eigenvalue weighted by molar-refractivity contribution is 6.07. The van der Waals surface area contributed by atoms with Crippen LogP contribution >= 0.6 is 0 Å². The zero-order valence-electron chi connectivity index (χ0n) is 19.0. The average molecular weight is 415 g/mol. The first kappa shape index (κ1) is 22.2. The van der Waals surface area contributed by atoms with Gasteiger partial charge < -0.3 is 19.4 Å². The lowest BCUT2D eigenvalue weighted by atomic mass is 9.78. The number of ether oxygens (including phenoxy) is 2. The van der Waals surface area contributed by atoms with Crippen LogP contribution in [0, 0.1) is 17.8 Å². The maximum atomic E-state index is 13.4. The third-order valence-corrected chi connectivity index (χ3v) is 6.42. The Morgan fingerprint density at radius 1 is 1.13 bits per heavy atom. The molecule has 1 heterocycles. The Morgan fingerprint density at radius 2 is 1.77 bits per heavy atom. The van der Waals surface area contributed by atoms with Crippen LogP contribution in [0.4, 0.5) is 0 Å². The Labute approximate surface area is 178 Å². The van der Waals surface area contributed by atoms with E-state index in [2.05, 4.69) is 33.0 Å². The molecule has 164 valence electrons. The third-order valence-electron chi connectivity index (χ3n) is 6.42. The van der Waals surface area contributed by atoms with Gasteiger partial charge >= 0.3 is 0 Å². The maximum Gasteiger partial charge on any atom is 0.258 e. The van der Waals surface area contributed by atoms with E-state index in [1.807, 2.05) is 0 Å². The van der Waals surface area contributed by atoms with Crippen molar-refractivity contribution >= 4 is 16.7 Å². The summed E-state index contributed by atoms with van der Waals surface area (Å²) in [5, 5.41) is 4.30. The molecule has 0 radical (unpaired) electrons. The van der Waals surface area contributed by atoms with Gasteiger partial charge in [0.25, 0.3) is 11.5 Å². The van der Waals surface area contributed by atoms with Crippen molar-refractivity contribution in [1.82, 2.24) is 9.88 Å². The van der Waals surface area contributed by atoms with Crippen molar-refractivity contribution in [3.8, 4) is 11.5 Å². The molecule has 3 rings (SSSR count). The fourth-order valence-electron chi connectivity index (χ4n) is 4.46. The minimum Gasteiger partial charge on any atom is -0.493 e. The summed E-state index contributed by atoms with van der Waals surface area (Å²) in [5.74, 6) is 2.11. The van der Waals surface area contributed by atoms with E-state index in [0.717, 1.165) is 12.8 Å². The molecule has 1 fully saturated rings. The van der Waals surface area contributed by atoms with E-state index in [0.29, 0.717) is 46.2 Å². The largest absolute Gasteiger partial charge is 0.493 e. The summed E-state index contributed by atoms with van der Waals surface area (Å²) in [6.07, 6.45) is 5.00. The molecule has 0 bridgehead atoms. The number of nitrogens with zero attached hydrogens (tertiary/aromatic N) is 1. The van der Waals surface area contributed by atoms with Crippen molar-refractivity contribution < 1.29 is 14.3 Å². The molecule has 1 saturated carbocycles. The highest BCUT2D eigenvalue weighted by atomic mass is 16.5. The van der Waals surface area contributed by atoms with Crippen molar-refractivity contribution in [3.05, 3.63) is 34.2 Å². The standard InChI is InChI=1S/C24H34N2O4/c1-14(2)12-26-13-19(23(27)25-20-9-7-8-15(3)16(20)4)17-10-21(29-5)22(30-6)11-18(17)24(26)28/h10-11,13-16,20H,7-9,12H2,1-6H3,(H,25,27)/t15-,16+,20+/m0/s1. The molecule has 1 aliphatic rings. The van der Waals surface area contributed by atoms with Gasteiger partial charge in [0.15, 0.2) is 11.5 Å². The number of fused-ring (bicyclic) bond motifs is 1. The lowest BCUT2D eigenvalue weighted by Crippen LogP contribution is -2.44. The molecule has 30 heavy (non-hydrogen) atoms. The fourth-order valence-corrected chi connectivity index (χ4v) is 4.46. The van der Waals surface area contributed by atoms with Gasteiger partial charge in [0.2, 0.25) is 0 Å². The summed E-state index contributed by atoms with van der Waals surface area (Å²) in [4.78, 5) is 26.5. The second-order valence-electron chi connectivity index (χ2n) is 8.99. The molecule has 1 aromatic carbocycles. The average Bonchev–Trinajstić information content (AvgIpc) is 2.72. The normalized spacial score (nSPS) is 21.6. The van der Waals surface area contributed by atoms with E-state index in [1.54, 1.807) is 37.1 Å². The van der Waals surface area contributed by atoms with Gasteiger partial charge in [-0.2, -0.15) is 0 Å². The fraction of sp³-hybridized carbons (Fsp3) is 0.583. The number of carbonyl (C=O) groups is 1. The zero-order valence-corrected chi connectivity index (χ0v) is 19.0. The number of amides is 1. The van der Waals surface area contributed by atoms with Crippen LogP contribution in [0.5, 0.6) is 11.5 Å². The van der Waals surface area contributed by atoms with Gasteiger partial charge in [0.1, 0.15) is 0 Å². The van der Waals surface area contributed by atoms with E-state index in [-0.39, 0.29) is 23.4 Å². The minimum absolute atomic E-state index is 0.129. The van der Waals surface area contributed by atoms with Crippen LogP contribution < -0.4 is 20.3 Å². The summed E-state index contributed by atoms with van der Waals surface area (Å²) in [6.45, 7) is 9.10. The molecule has 1 N–H and O–H groups in total. The third kappa shape index (κ3) is 4.32. The summed E-state index contributed by atoms with van der Waals surface area (Å²) < 4.78 is 12.5. The Kier molecular flexibility index (Phi) is 6.74. The van der Waals surface area contributed by atoms with Gasteiger partial charge in [-0.1, -0.05) is 40.5 Å². The van der Waals surface area contributed by atoms with Crippen molar-refractivity contribution in [2.45, 2.75) is 59.5 Å². The summed E-state index contributed by atoms with van der Waals surface area (Å²) in [6, 6.07) is 3.55. The second kappa shape index (κ2) is 9.11. The molecular weight excluding hydrogens is 380 g/mol. The second-order valence-corrected chi connectivity index (χ2v) is 8.99. The number of aromatic nitrogens is 1. The number of nitrogens with one attached hydrogen (secondary N) is 1. The Balaban J connectivity index is 2.12. The Hall–Kier alpha value is -2.50. The summed E-state index contributed by atoms with van der Waals surface area (Å²) in [5.41, 5.74) is 0.368. The molecule has 3 atom stereocenters. The first-order valence-electron chi connectivity index (χ1n) is 10.9. The molecule has 1 aliphatic carbocycles. The predicted octanol–water partition coefficient (Wildman–Crippen LogP) is 4.23. The maximum absolute atomic E-state index is 13.4. The number of rotatable bonds is 6. The van der Waals surface area contributed by atoms with Gasteiger partial charge in [-0.05, 0) is 36.3 Å². The van der Waals surface area contributed by atoms with E-state index in [4.69, 9.17) is 9.47 Å². The topological polar surface area (TPSA) is 69.6 Å². The molecule has 0 saturated heterocycles. The predicted molar refractivity (Wildman–Crippen MR) is 120 cm³/mol. The van der Waals surface area contributed by atoms with Crippen LogP contribution in [0.15, 0.2) is 23.1 Å². The number of hydrogen-bond donors (Lipinski definition) is 1. The minimum atomic E-state index is -0.143. The molecule has 1 aromatic heterocycles. The molecular formula is C24H34N2O4. The van der Waals surface area contributed by atoms with Gasteiger partial charge in [-0.15, -0.1) is 0 Å². The van der Waals surface area contributed by atoms with Crippen LogP contribution in [0.2, 0.25) is 0 Å². The molecule has 6 heteroatoms. The van der Waals surface area contributed by atoms with Gasteiger partial charge in [-0.3, -0.25) is 9.59 Å². The number of methoxy groups -OCH3 is 2. The molecule has 2 aromatic rings. The van der Waals surface area contributed by atoms with Gasteiger partial charge in [-0.25, -0.2) is 0 Å². The molecule has 6 nitrogen and oxygen atoms in total. The SMILES string of the molecule is COc1cc2c(C(=O)N[C@@H]3CCC[C@H](C)[C@H]3C)cn(CC(C)C)c(=O)c2cc1OC. The van der Waals surface area contributed by atoms with Crippen molar-refractivity contribution in [2.75, 3.05) is 14.2 Å². The van der Waals surface area contributed by atoms with Crippen LogP contribution in [-0.2, 0) is 6.54 Å². The van der Waals surface area contributed by atoms with E-state index < -0.39 is 0 Å². The molecule has 0 unspecified atom stereocenters. The first-order valence-corrected chi connectivity index (χ1v) is 10.9. The smallest absolute Gasteiger partial charge is 0.258 e. The quantitative estimate of drug-likeness (QED) is 0.768. The number of benzene rings is 1. The van der Waals surface area contributed by atoms with Crippen molar-refractivity contribution in [3.63, 3.8) is 0 Å². The van der Waals surface area contributed by atoms with Crippen LogP contribution in [0.25, 0.3) is 10.8 Å². The number of pyridine rings is 1. The molecule has 1 amide bonds. The first-order chi connectivity index (χ1) is 14.3. The van der Waals surface area contributed by atoms with Crippen molar-refractivity contribution in [2.24, 2.45) is 17.8 Å². The highest BCUT2D eigenvalue weighted by Crippen LogP contribution is 2.33. The van der Waals surface area contributed by atoms with Crippen LogP contribution in [0.1, 0.15) is 57.3 Å². The van der Waals surface area contributed by atoms with Gasteiger partial charge in [0, 0.05) is 24.2 Å². The summed E-state index contributed by atoms with van der Waals surface area (Å²) >= 11 is 0. The monoisotopic (exact) mass is 414 g/mol. The van der Waals surface area contributed by atoms with Crippen LogP contribution in [0.3, 0.4) is 0 Å². The Morgan fingerprint density at radius 3 is 2.37 bits per heavy atom. The molecule has 0 aliphatic heterocycles. The summed E-state index contributed by atoms with van der Waals surface area (Å²) in [7, 11) is 3.09. The lowest BCUT2D eigenvalue weighted by molar-refractivity contribution is 0.0892. The lowest BCUT2D eigenvalue weighted by Gasteiger charge is -2.34. The zero-order chi connectivity index (χ0) is 22.0. The number of hydrogen-bond acceptors (Lipinski definition) is 4.